The van der Waals surface area contributed by atoms with E-state index in [4.69, 9.17) is 9.98 Å². The van der Waals surface area contributed by atoms with Crippen molar-refractivity contribution >= 4 is 11.8 Å². The molecule has 0 unspecified atom stereocenters. The van der Waals surface area contributed by atoms with Crippen LogP contribution in [0.5, 0.6) is 0 Å². The number of hydrogen-bond acceptors (Lipinski definition) is 4. The molecule has 2 saturated heterocycles. The van der Waals surface area contributed by atoms with E-state index >= 15 is 0 Å². The van der Waals surface area contributed by atoms with E-state index in [9.17, 15) is 0 Å². The van der Waals surface area contributed by atoms with E-state index in [0.717, 1.165) is 51.0 Å². The molecule has 3 fully saturated rings. The van der Waals surface area contributed by atoms with Crippen molar-refractivity contribution in [2.75, 3.05) is 57.8 Å². The van der Waals surface area contributed by atoms with Gasteiger partial charge in [-0.25, -0.2) is 9.98 Å². The lowest BCUT2D eigenvalue weighted by atomic mass is 9.73. The molecule has 1 aromatic heterocycles. The second-order valence-electron chi connectivity index (χ2n) is 9.22. The van der Waals surface area contributed by atoms with Gasteiger partial charge in [-0.05, 0) is 50.3 Å². The molecule has 29 heavy (non-hydrogen) atoms. The van der Waals surface area contributed by atoms with Crippen LogP contribution in [0.15, 0.2) is 23.3 Å². The van der Waals surface area contributed by atoms with Crippen molar-refractivity contribution in [3.05, 3.63) is 23.9 Å². The Balaban J connectivity index is 1.36. The molecule has 0 radical (unpaired) electrons. The Labute approximate surface area is 176 Å². The first kappa shape index (κ1) is 20.5. The van der Waals surface area contributed by atoms with Gasteiger partial charge in [0.05, 0.1) is 6.54 Å². The summed E-state index contributed by atoms with van der Waals surface area (Å²) < 4.78 is 0. The van der Waals surface area contributed by atoms with E-state index in [1.165, 1.54) is 50.6 Å². The fourth-order valence-corrected chi connectivity index (χ4v) is 5.15. The number of aliphatic imine (C=N–C) groups is 1. The molecule has 3 heterocycles. The Bertz CT molecular complexity index is 671. The van der Waals surface area contributed by atoms with Gasteiger partial charge in [0, 0.05) is 52.0 Å². The maximum absolute atomic E-state index is 4.97. The zero-order chi connectivity index (χ0) is 20.1. The zero-order valence-corrected chi connectivity index (χ0v) is 18.4. The molecule has 0 bridgehead atoms. The SMILES string of the molecule is CCNC(=NCc1ccc(N2CCN(C)CC2)nc1)N1CCC2(CCCCC2)C1. The molecule has 1 spiro atoms. The lowest BCUT2D eigenvalue weighted by molar-refractivity contribution is 0.203. The molecular weight excluding hydrogens is 360 g/mol. The van der Waals surface area contributed by atoms with Gasteiger partial charge in [0.2, 0.25) is 0 Å². The van der Waals surface area contributed by atoms with Crippen molar-refractivity contribution in [2.24, 2.45) is 10.4 Å². The summed E-state index contributed by atoms with van der Waals surface area (Å²) in [4.78, 5) is 16.9. The van der Waals surface area contributed by atoms with Crippen molar-refractivity contribution in [3.8, 4) is 0 Å². The van der Waals surface area contributed by atoms with Crippen LogP contribution >= 0.6 is 0 Å². The molecule has 0 amide bonds. The molecule has 6 heteroatoms. The maximum atomic E-state index is 4.97. The van der Waals surface area contributed by atoms with Gasteiger partial charge in [-0.15, -0.1) is 0 Å². The Morgan fingerprint density at radius 3 is 2.55 bits per heavy atom. The van der Waals surface area contributed by atoms with Gasteiger partial charge in [0.25, 0.3) is 0 Å². The largest absolute Gasteiger partial charge is 0.357 e. The van der Waals surface area contributed by atoms with E-state index in [2.05, 4.69) is 46.1 Å². The van der Waals surface area contributed by atoms with E-state index < -0.39 is 0 Å². The maximum Gasteiger partial charge on any atom is 0.194 e. The summed E-state index contributed by atoms with van der Waals surface area (Å²) in [5.41, 5.74) is 1.74. The van der Waals surface area contributed by atoms with Crippen molar-refractivity contribution in [3.63, 3.8) is 0 Å². The highest BCUT2D eigenvalue weighted by Crippen LogP contribution is 2.43. The normalized spacial score (nSPS) is 23.0. The third-order valence-electron chi connectivity index (χ3n) is 7.03. The lowest BCUT2D eigenvalue weighted by Crippen LogP contribution is -2.44. The number of aromatic nitrogens is 1. The summed E-state index contributed by atoms with van der Waals surface area (Å²) in [6, 6.07) is 4.36. The first-order valence-electron chi connectivity index (χ1n) is 11.6. The minimum absolute atomic E-state index is 0.556. The molecule has 6 nitrogen and oxygen atoms in total. The molecule has 1 saturated carbocycles. The number of likely N-dealkylation sites (N-methyl/N-ethyl adjacent to an activating group) is 1. The summed E-state index contributed by atoms with van der Waals surface area (Å²) >= 11 is 0. The quantitative estimate of drug-likeness (QED) is 0.624. The average Bonchev–Trinajstić information content (AvgIpc) is 3.15. The molecule has 2 aliphatic heterocycles. The topological polar surface area (TPSA) is 47.0 Å². The number of rotatable bonds is 4. The van der Waals surface area contributed by atoms with Gasteiger partial charge in [0.1, 0.15) is 5.82 Å². The van der Waals surface area contributed by atoms with Crippen molar-refractivity contribution in [1.82, 2.24) is 20.1 Å². The van der Waals surface area contributed by atoms with E-state index in [0.29, 0.717) is 12.0 Å². The second kappa shape index (κ2) is 9.33. The number of nitrogens with zero attached hydrogens (tertiary/aromatic N) is 5. The van der Waals surface area contributed by atoms with Crippen LogP contribution in [0.1, 0.15) is 51.0 Å². The fraction of sp³-hybridized carbons (Fsp3) is 0.739. The standard InChI is InChI=1S/C23H38N6/c1-3-24-22(29-12-11-23(19-29)9-5-4-6-10-23)26-18-20-7-8-21(25-17-20)28-15-13-27(2)14-16-28/h7-8,17H,3-6,9-16,18-19H2,1-2H3,(H,24,26). The van der Waals surface area contributed by atoms with Crippen LogP contribution in [-0.4, -0.2) is 73.6 Å². The number of hydrogen-bond donors (Lipinski definition) is 1. The molecule has 4 rings (SSSR count). The summed E-state index contributed by atoms with van der Waals surface area (Å²) in [7, 11) is 2.18. The fourth-order valence-electron chi connectivity index (χ4n) is 5.15. The first-order valence-corrected chi connectivity index (χ1v) is 11.6. The van der Waals surface area contributed by atoms with Gasteiger partial charge in [-0.2, -0.15) is 0 Å². The number of guanidine groups is 1. The Kier molecular flexibility index (Phi) is 6.58. The number of pyridine rings is 1. The van der Waals surface area contributed by atoms with Crippen molar-refractivity contribution in [2.45, 2.75) is 52.0 Å². The Morgan fingerprint density at radius 1 is 1.07 bits per heavy atom. The first-order chi connectivity index (χ1) is 14.2. The Hall–Kier alpha value is -1.82. The van der Waals surface area contributed by atoms with Gasteiger partial charge in [-0.3, -0.25) is 0 Å². The lowest BCUT2D eigenvalue weighted by Gasteiger charge is -2.33. The zero-order valence-electron chi connectivity index (χ0n) is 18.4. The van der Waals surface area contributed by atoms with Crippen LogP contribution in [0.3, 0.4) is 0 Å². The highest BCUT2D eigenvalue weighted by molar-refractivity contribution is 5.80. The average molecular weight is 399 g/mol. The molecule has 1 N–H and O–H groups in total. The predicted molar refractivity (Wildman–Crippen MR) is 120 cm³/mol. The Morgan fingerprint density at radius 2 is 1.86 bits per heavy atom. The third kappa shape index (κ3) is 5.03. The van der Waals surface area contributed by atoms with E-state index in [-0.39, 0.29) is 0 Å². The molecule has 160 valence electrons. The highest BCUT2D eigenvalue weighted by Gasteiger charge is 2.39. The summed E-state index contributed by atoms with van der Waals surface area (Å²) in [6.45, 7) is 10.4. The number of piperazine rings is 1. The van der Waals surface area contributed by atoms with Gasteiger partial charge >= 0.3 is 0 Å². The minimum atomic E-state index is 0.556. The molecule has 0 aromatic carbocycles. The summed E-state index contributed by atoms with van der Waals surface area (Å²) in [5.74, 6) is 2.18. The van der Waals surface area contributed by atoms with Crippen LogP contribution in [0.25, 0.3) is 0 Å². The molecule has 3 aliphatic rings. The molecule has 0 atom stereocenters. The van der Waals surface area contributed by atoms with E-state index in [1.807, 2.05) is 6.20 Å². The van der Waals surface area contributed by atoms with Crippen LogP contribution in [0.2, 0.25) is 0 Å². The number of nitrogens with one attached hydrogen (secondary N) is 1. The predicted octanol–water partition coefficient (Wildman–Crippen LogP) is 2.96. The molecule has 1 aromatic rings. The summed E-state index contributed by atoms with van der Waals surface area (Å²) in [6.07, 6.45) is 10.4. The van der Waals surface area contributed by atoms with Crippen molar-refractivity contribution in [1.29, 1.82) is 0 Å². The van der Waals surface area contributed by atoms with E-state index in [1.54, 1.807) is 0 Å². The van der Waals surface area contributed by atoms with Crippen LogP contribution < -0.4 is 10.2 Å². The summed E-state index contributed by atoms with van der Waals surface area (Å²) in [5, 5.41) is 3.53. The van der Waals surface area contributed by atoms with Crippen LogP contribution in [0, 0.1) is 5.41 Å². The number of likely N-dealkylation sites (tertiary alicyclic amines) is 1. The number of anilines is 1. The smallest absolute Gasteiger partial charge is 0.194 e. The van der Waals surface area contributed by atoms with Crippen LogP contribution in [-0.2, 0) is 6.54 Å². The van der Waals surface area contributed by atoms with Gasteiger partial charge < -0.3 is 20.0 Å². The second-order valence-corrected chi connectivity index (χ2v) is 9.22. The van der Waals surface area contributed by atoms with Gasteiger partial charge in [0.15, 0.2) is 5.96 Å². The third-order valence-corrected chi connectivity index (χ3v) is 7.03. The molecular formula is C23H38N6. The molecule has 1 aliphatic carbocycles. The minimum Gasteiger partial charge on any atom is -0.357 e. The van der Waals surface area contributed by atoms with Gasteiger partial charge in [-0.1, -0.05) is 25.3 Å². The van der Waals surface area contributed by atoms with Crippen LogP contribution in [0.4, 0.5) is 5.82 Å². The highest BCUT2D eigenvalue weighted by atomic mass is 15.3. The van der Waals surface area contributed by atoms with Crippen molar-refractivity contribution < 1.29 is 0 Å². The monoisotopic (exact) mass is 398 g/mol.